The molecular formula is C6H7Na. The van der Waals surface area contributed by atoms with Crippen molar-refractivity contribution in [2.75, 3.05) is 0 Å². The van der Waals surface area contributed by atoms with Gasteiger partial charge in [-0.25, -0.2) is 0 Å². The van der Waals surface area contributed by atoms with E-state index in [0.717, 1.165) is 0 Å². The van der Waals surface area contributed by atoms with E-state index in [1.54, 1.807) is 8.40 Å². The van der Waals surface area contributed by atoms with Crippen LogP contribution in [0.1, 0.15) is 13.3 Å². The van der Waals surface area contributed by atoms with Crippen molar-refractivity contribution in [2.45, 2.75) is 13.3 Å². The van der Waals surface area contributed by atoms with Gasteiger partial charge < -0.3 is 0 Å². The summed E-state index contributed by atoms with van der Waals surface area (Å²) in [4.78, 5) is 0. The molecule has 0 bridgehead atoms. The topological polar surface area (TPSA) is 0 Å². The van der Waals surface area contributed by atoms with Gasteiger partial charge in [-0.2, -0.15) is 0 Å². The third-order valence-corrected chi connectivity index (χ3v) is 2.65. The Morgan fingerprint density at radius 2 is 2.43 bits per heavy atom. The molecule has 0 radical (unpaired) electrons. The second-order valence-electron chi connectivity index (χ2n) is 2.07. The summed E-state index contributed by atoms with van der Waals surface area (Å²) in [5.74, 6) is 0. The van der Waals surface area contributed by atoms with Crippen molar-refractivity contribution in [1.29, 1.82) is 0 Å². The van der Waals surface area contributed by atoms with Gasteiger partial charge in [0, 0.05) is 0 Å². The minimum absolute atomic E-state index is 1.21. The molecule has 0 N–H and O–H groups in total. The van der Waals surface area contributed by atoms with E-state index < -0.39 is 0 Å². The zero-order valence-corrected chi connectivity index (χ0v) is 6.86. The molecule has 1 aliphatic rings. The van der Waals surface area contributed by atoms with Crippen molar-refractivity contribution in [3.8, 4) is 0 Å². The molecular weight excluding hydrogens is 95.1 g/mol. The van der Waals surface area contributed by atoms with Gasteiger partial charge >= 0.3 is 61.8 Å². The van der Waals surface area contributed by atoms with Crippen molar-refractivity contribution < 1.29 is 0 Å². The van der Waals surface area contributed by atoms with Crippen molar-refractivity contribution in [2.24, 2.45) is 0 Å². The maximum absolute atomic E-state index is 2.24. The maximum atomic E-state index is 2.24. The molecule has 0 aromatic rings. The Balaban J connectivity index is 2.79. The van der Waals surface area contributed by atoms with Gasteiger partial charge in [0.1, 0.15) is 0 Å². The molecule has 0 spiro atoms. The zero-order valence-electron chi connectivity index (χ0n) is 4.86. The summed E-state index contributed by atoms with van der Waals surface area (Å²) >= 11 is 1.23. The molecule has 0 aromatic carbocycles. The summed E-state index contributed by atoms with van der Waals surface area (Å²) in [5, 5.41) is 0. The summed E-state index contributed by atoms with van der Waals surface area (Å²) < 4.78 is 1.58. The molecule has 7 heavy (non-hydrogen) atoms. The van der Waals surface area contributed by atoms with Gasteiger partial charge in [-0.05, 0) is 0 Å². The van der Waals surface area contributed by atoms with Crippen molar-refractivity contribution >= 4 is 27.9 Å². The van der Waals surface area contributed by atoms with Crippen LogP contribution in [0.4, 0.5) is 0 Å². The van der Waals surface area contributed by atoms with Crippen LogP contribution in [0.15, 0.2) is 20.5 Å². The average Bonchev–Trinajstić information content (AvgIpc) is 1.91. The fraction of sp³-hybridized carbons (Fsp3) is 0.333. The number of rotatable bonds is 0. The van der Waals surface area contributed by atoms with Crippen LogP contribution < -0.4 is 0 Å². The first-order chi connectivity index (χ1) is 3.30. The molecule has 0 amide bonds. The monoisotopic (exact) mass is 102 g/mol. The molecule has 0 saturated carbocycles. The first kappa shape index (κ1) is 5.61. The fourth-order valence-electron chi connectivity index (χ4n) is 0.716. The third kappa shape index (κ3) is 1.18. The van der Waals surface area contributed by atoms with E-state index in [-0.39, 0.29) is 0 Å². The summed E-state index contributed by atoms with van der Waals surface area (Å²) in [6.07, 6.45) is 5.68. The predicted octanol–water partition coefficient (Wildman–Crippen LogP) is 1.39. The van der Waals surface area contributed by atoms with E-state index in [4.69, 9.17) is 0 Å². The van der Waals surface area contributed by atoms with Crippen LogP contribution >= 0.6 is 0 Å². The molecule has 1 heteroatoms. The Hall–Kier alpha value is 0.480. The molecule has 0 aliphatic heterocycles. The van der Waals surface area contributed by atoms with Gasteiger partial charge in [0.2, 0.25) is 0 Å². The van der Waals surface area contributed by atoms with E-state index in [9.17, 15) is 0 Å². The van der Waals surface area contributed by atoms with Crippen molar-refractivity contribution in [3.63, 3.8) is 0 Å². The van der Waals surface area contributed by atoms with E-state index in [1.165, 1.54) is 34.4 Å². The fourth-order valence-corrected chi connectivity index (χ4v) is 1.16. The van der Waals surface area contributed by atoms with Crippen LogP contribution in [-0.4, -0.2) is 27.9 Å². The van der Waals surface area contributed by atoms with Crippen LogP contribution in [0, 0.1) is 0 Å². The van der Waals surface area contributed by atoms with Gasteiger partial charge in [0.25, 0.3) is 0 Å². The number of hydrogen-bond acceptors (Lipinski definition) is 0. The molecule has 1 aliphatic carbocycles. The standard InChI is InChI=1S/C6H7.Na/c1-6-4-2-3-5-6;/h2-3H,4H2,1H3;. The molecule has 0 atom stereocenters. The van der Waals surface area contributed by atoms with E-state index in [2.05, 4.69) is 19.1 Å². The van der Waals surface area contributed by atoms with E-state index in [0.29, 0.717) is 0 Å². The molecule has 0 unspecified atom stereocenters. The molecule has 0 nitrogen and oxygen atoms in total. The van der Waals surface area contributed by atoms with E-state index in [1.807, 2.05) is 0 Å². The summed E-state index contributed by atoms with van der Waals surface area (Å²) in [5.41, 5.74) is 1.58. The average molecular weight is 102 g/mol. The number of allylic oxidation sites excluding steroid dienone is 4. The summed E-state index contributed by atoms with van der Waals surface area (Å²) in [7, 11) is 0. The second-order valence-corrected chi connectivity index (χ2v) is 3.15. The quantitative estimate of drug-likeness (QED) is 0.405. The minimum atomic E-state index is 1.21. The zero-order chi connectivity index (χ0) is 5.28. The van der Waals surface area contributed by atoms with Gasteiger partial charge in [0.15, 0.2) is 0 Å². The van der Waals surface area contributed by atoms with Gasteiger partial charge in [-0.3, -0.25) is 0 Å². The SMILES string of the molecule is CC1=[C]([Na])C=CC1. The molecule has 0 fully saturated rings. The van der Waals surface area contributed by atoms with Crippen LogP contribution in [0.2, 0.25) is 0 Å². The van der Waals surface area contributed by atoms with Crippen molar-refractivity contribution in [3.05, 3.63) is 20.5 Å². The van der Waals surface area contributed by atoms with Crippen molar-refractivity contribution in [1.82, 2.24) is 0 Å². The first-order valence-electron chi connectivity index (χ1n) is 2.63. The van der Waals surface area contributed by atoms with Crippen LogP contribution in [0.25, 0.3) is 0 Å². The van der Waals surface area contributed by atoms with Gasteiger partial charge in [0.05, 0.1) is 0 Å². The second kappa shape index (κ2) is 2.17. The molecule has 0 aromatic heterocycles. The Bertz CT molecular complexity index is 131. The van der Waals surface area contributed by atoms with Gasteiger partial charge in [-0.1, -0.05) is 0 Å². The Morgan fingerprint density at radius 3 is 2.57 bits per heavy atom. The Labute approximate surface area is 61.7 Å². The van der Waals surface area contributed by atoms with Gasteiger partial charge in [-0.15, -0.1) is 0 Å². The Morgan fingerprint density at radius 1 is 1.71 bits per heavy atom. The Kier molecular flexibility index (Phi) is 1.74. The number of hydrogen-bond donors (Lipinski definition) is 0. The molecule has 0 heterocycles. The molecule has 0 saturated heterocycles. The van der Waals surface area contributed by atoms with Crippen LogP contribution in [-0.2, 0) is 0 Å². The third-order valence-electron chi connectivity index (χ3n) is 1.47. The summed E-state index contributed by atoms with van der Waals surface area (Å²) in [6, 6.07) is 0. The van der Waals surface area contributed by atoms with Crippen LogP contribution in [0.5, 0.6) is 0 Å². The molecule has 32 valence electrons. The molecule has 1 rings (SSSR count). The van der Waals surface area contributed by atoms with Crippen LogP contribution in [0.3, 0.4) is 0 Å². The van der Waals surface area contributed by atoms with E-state index >= 15 is 0 Å². The normalized spacial score (nSPS) is 19.3. The summed E-state index contributed by atoms with van der Waals surface area (Å²) in [6.45, 7) is 2.21. The first-order valence-corrected chi connectivity index (χ1v) is 3.63. The predicted molar refractivity (Wildman–Crippen MR) is 32.2 cm³/mol.